The first-order valence-electron chi connectivity index (χ1n) is 7.26. The van der Waals surface area contributed by atoms with Crippen molar-refractivity contribution in [2.75, 3.05) is 6.61 Å². The lowest BCUT2D eigenvalue weighted by molar-refractivity contribution is -0.385. The van der Waals surface area contributed by atoms with Gasteiger partial charge < -0.3 is 10.1 Å². The largest absolute Gasteiger partial charge is 0.477 e. The van der Waals surface area contributed by atoms with Crippen molar-refractivity contribution in [3.63, 3.8) is 0 Å². The van der Waals surface area contributed by atoms with E-state index in [0.29, 0.717) is 11.1 Å². The van der Waals surface area contributed by atoms with Gasteiger partial charge in [0.05, 0.1) is 4.92 Å². The van der Waals surface area contributed by atoms with Crippen molar-refractivity contribution >= 4 is 11.6 Å². The minimum atomic E-state index is -0.568. The van der Waals surface area contributed by atoms with Crippen LogP contribution >= 0.6 is 0 Å². The Morgan fingerprint density at radius 3 is 2.67 bits per heavy atom. The summed E-state index contributed by atoms with van der Waals surface area (Å²) in [7, 11) is 0. The van der Waals surface area contributed by atoms with Crippen molar-refractivity contribution in [3.05, 3.63) is 69.0 Å². The molecule has 7 heteroatoms. The van der Waals surface area contributed by atoms with Crippen LogP contribution < -0.4 is 10.1 Å². The molecule has 0 bridgehead atoms. The van der Waals surface area contributed by atoms with Gasteiger partial charge in [-0.05, 0) is 42.7 Å². The summed E-state index contributed by atoms with van der Waals surface area (Å²) >= 11 is 0. The van der Waals surface area contributed by atoms with Gasteiger partial charge >= 0.3 is 5.69 Å². The zero-order valence-corrected chi connectivity index (χ0v) is 13.3. The fourth-order valence-corrected chi connectivity index (χ4v) is 2.03. The van der Waals surface area contributed by atoms with Gasteiger partial charge in [0, 0.05) is 12.6 Å². The molecule has 0 atom stereocenters. The second-order valence-corrected chi connectivity index (χ2v) is 5.38. The number of ether oxygens (including phenoxy) is 1. The molecule has 2 aromatic rings. The maximum absolute atomic E-state index is 13.4. The van der Waals surface area contributed by atoms with Crippen molar-refractivity contribution in [2.45, 2.75) is 20.4 Å². The first-order valence-corrected chi connectivity index (χ1v) is 7.26. The molecule has 0 radical (unpaired) electrons. The molecule has 2 aromatic carbocycles. The van der Waals surface area contributed by atoms with Crippen LogP contribution in [0.1, 0.15) is 16.7 Å². The van der Waals surface area contributed by atoms with Crippen LogP contribution in [0.25, 0.3) is 0 Å². The summed E-state index contributed by atoms with van der Waals surface area (Å²) < 4.78 is 18.7. The van der Waals surface area contributed by atoms with Crippen LogP contribution in [0, 0.1) is 29.8 Å². The first-order chi connectivity index (χ1) is 11.4. The second-order valence-electron chi connectivity index (χ2n) is 5.38. The molecule has 0 spiro atoms. The Morgan fingerprint density at radius 1 is 1.25 bits per heavy atom. The molecule has 0 aromatic heterocycles. The van der Waals surface area contributed by atoms with Crippen LogP contribution in [-0.4, -0.2) is 17.4 Å². The highest BCUT2D eigenvalue weighted by molar-refractivity contribution is 5.77. The number of benzene rings is 2. The third-order valence-electron chi connectivity index (χ3n) is 3.40. The Bertz CT molecular complexity index is 777. The number of hydrogen-bond acceptors (Lipinski definition) is 4. The maximum Gasteiger partial charge on any atom is 0.310 e. The van der Waals surface area contributed by atoms with Crippen molar-refractivity contribution in [2.24, 2.45) is 0 Å². The van der Waals surface area contributed by atoms with E-state index in [1.54, 1.807) is 32.0 Å². The second kappa shape index (κ2) is 7.54. The van der Waals surface area contributed by atoms with Crippen molar-refractivity contribution in [1.82, 2.24) is 5.32 Å². The van der Waals surface area contributed by atoms with E-state index < -0.39 is 10.8 Å². The first kappa shape index (κ1) is 17.4. The molecule has 0 saturated carbocycles. The molecule has 24 heavy (non-hydrogen) atoms. The lowest BCUT2D eigenvalue weighted by Crippen LogP contribution is -2.28. The zero-order valence-electron chi connectivity index (χ0n) is 13.3. The zero-order chi connectivity index (χ0) is 17.7. The molecule has 1 amide bonds. The lowest BCUT2D eigenvalue weighted by Gasteiger charge is -2.09. The minimum absolute atomic E-state index is 0.0385. The molecule has 0 saturated heterocycles. The van der Waals surface area contributed by atoms with Crippen molar-refractivity contribution < 1.29 is 18.8 Å². The molecule has 0 fully saturated rings. The fraction of sp³-hybridized carbons (Fsp3) is 0.235. The van der Waals surface area contributed by atoms with Gasteiger partial charge in [0.2, 0.25) is 0 Å². The molecular formula is C17H17FN2O4. The smallest absolute Gasteiger partial charge is 0.310 e. The van der Waals surface area contributed by atoms with Crippen LogP contribution in [0.15, 0.2) is 36.4 Å². The highest BCUT2D eigenvalue weighted by Gasteiger charge is 2.16. The van der Waals surface area contributed by atoms with Crippen molar-refractivity contribution in [1.29, 1.82) is 0 Å². The Labute approximate surface area is 138 Å². The van der Waals surface area contributed by atoms with E-state index in [9.17, 15) is 19.3 Å². The standard InChI is InChI=1S/C17H17FN2O4/c1-11-3-6-15(20(22)23)16(7-11)24-10-17(21)19-9-13-5-4-12(2)14(18)8-13/h3-8H,9-10H2,1-2H3,(H,19,21). The summed E-state index contributed by atoms with van der Waals surface area (Å²) in [6.07, 6.45) is 0. The monoisotopic (exact) mass is 332 g/mol. The van der Waals surface area contributed by atoms with E-state index in [2.05, 4.69) is 5.32 Å². The number of carbonyl (C=O) groups is 1. The average Bonchev–Trinajstić information content (AvgIpc) is 2.53. The number of halogens is 1. The maximum atomic E-state index is 13.4. The molecule has 0 heterocycles. The summed E-state index contributed by atoms with van der Waals surface area (Å²) in [5, 5.41) is 13.5. The Kier molecular flexibility index (Phi) is 5.47. The molecule has 0 aliphatic rings. The highest BCUT2D eigenvalue weighted by atomic mass is 19.1. The van der Waals surface area contributed by atoms with Gasteiger partial charge in [-0.1, -0.05) is 18.2 Å². The van der Waals surface area contributed by atoms with E-state index in [-0.39, 0.29) is 30.4 Å². The van der Waals surface area contributed by atoms with Crippen LogP contribution in [0.2, 0.25) is 0 Å². The van der Waals surface area contributed by atoms with Crippen LogP contribution in [0.4, 0.5) is 10.1 Å². The third-order valence-corrected chi connectivity index (χ3v) is 3.40. The third kappa shape index (κ3) is 4.52. The average molecular weight is 332 g/mol. The molecule has 2 rings (SSSR count). The van der Waals surface area contributed by atoms with Crippen LogP contribution in [-0.2, 0) is 11.3 Å². The molecule has 0 aliphatic heterocycles. The number of hydrogen-bond donors (Lipinski definition) is 1. The van der Waals surface area contributed by atoms with Gasteiger partial charge in [-0.3, -0.25) is 14.9 Å². The van der Waals surface area contributed by atoms with E-state index in [4.69, 9.17) is 4.74 Å². The summed E-state index contributed by atoms with van der Waals surface area (Å²) in [5.41, 5.74) is 1.73. The van der Waals surface area contributed by atoms with E-state index in [0.717, 1.165) is 5.56 Å². The molecule has 1 N–H and O–H groups in total. The van der Waals surface area contributed by atoms with E-state index in [1.807, 2.05) is 0 Å². The van der Waals surface area contributed by atoms with Gasteiger partial charge in [0.25, 0.3) is 5.91 Å². The number of aryl methyl sites for hydroxylation is 2. The van der Waals surface area contributed by atoms with Crippen LogP contribution in [0.3, 0.4) is 0 Å². The number of nitro benzene ring substituents is 1. The Hall–Kier alpha value is -2.96. The normalized spacial score (nSPS) is 10.3. The number of nitrogens with one attached hydrogen (secondary N) is 1. The molecule has 0 unspecified atom stereocenters. The Morgan fingerprint density at radius 2 is 2.00 bits per heavy atom. The number of nitrogens with zero attached hydrogens (tertiary/aromatic N) is 1. The van der Waals surface area contributed by atoms with Gasteiger partial charge in [0.1, 0.15) is 5.82 Å². The topological polar surface area (TPSA) is 81.5 Å². The van der Waals surface area contributed by atoms with Gasteiger partial charge in [-0.15, -0.1) is 0 Å². The number of nitro groups is 1. The van der Waals surface area contributed by atoms with Gasteiger partial charge in [-0.2, -0.15) is 0 Å². The minimum Gasteiger partial charge on any atom is -0.477 e. The number of rotatable bonds is 6. The quantitative estimate of drug-likeness (QED) is 0.651. The van der Waals surface area contributed by atoms with Crippen LogP contribution in [0.5, 0.6) is 5.75 Å². The summed E-state index contributed by atoms with van der Waals surface area (Å²) in [4.78, 5) is 22.2. The SMILES string of the molecule is Cc1ccc([N+](=O)[O-])c(OCC(=O)NCc2ccc(C)c(F)c2)c1. The van der Waals surface area contributed by atoms with E-state index in [1.165, 1.54) is 18.2 Å². The predicted molar refractivity (Wildman–Crippen MR) is 86.3 cm³/mol. The number of carbonyl (C=O) groups excluding carboxylic acids is 1. The molecule has 6 nitrogen and oxygen atoms in total. The van der Waals surface area contributed by atoms with Gasteiger partial charge in [0.15, 0.2) is 12.4 Å². The lowest BCUT2D eigenvalue weighted by atomic mass is 10.1. The molecular weight excluding hydrogens is 315 g/mol. The fourth-order valence-electron chi connectivity index (χ4n) is 2.03. The Balaban J connectivity index is 1.92. The summed E-state index contributed by atoms with van der Waals surface area (Å²) in [6, 6.07) is 9.12. The predicted octanol–water partition coefficient (Wildman–Crippen LogP) is 3.05. The van der Waals surface area contributed by atoms with E-state index >= 15 is 0 Å². The highest BCUT2D eigenvalue weighted by Crippen LogP contribution is 2.27. The molecule has 126 valence electrons. The van der Waals surface area contributed by atoms with Gasteiger partial charge in [-0.25, -0.2) is 4.39 Å². The molecule has 0 aliphatic carbocycles. The summed E-state index contributed by atoms with van der Waals surface area (Å²) in [6.45, 7) is 3.21. The number of amides is 1. The van der Waals surface area contributed by atoms with Crippen molar-refractivity contribution in [3.8, 4) is 5.75 Å². The summed E-state index contributed by atoms with van der Waals surface area (Å²) in [5.74, 6) is -0.753.